The molecule has 4 heteroatoms. The van der Waals surface area contributed by atoms with Gasteiger partial charge >= 0.3 is 0 Å². The van der Waals surface area contributed by atoms with Crippen LogP contribution in [0.1, 0.15) is 12.5 Å². The molecule has 0 saturated carbocycles. The van der Waals surface area contributed by atoms with Crippen molar-refractivity contribution in [2.75, 3.05) is 13.2 Å². The van der Waals surface area contributed by atoms with Crippen LogP contribution in [0.2, 0.25) is 0 Å². The van der Waals surface area contributed by atoms with Gasteiger partial charge in [-0.05, 0) is 6.92 Å². The van der Waals surface area contributed by atoms with Gasteiger partial charge in [-0.2, -0.15) is 0 Å². The summed E-state index contributed by atoms with van der Waals surface area (Å²) in [4.78, 5) is 0. The number of rotatable bonds is 1. The maximum Gasteiger partial charge on any atom is 0.192 e. The molecule has 0 amide bonds. The maximum absolute atomic E-state index is 5.53. The number of ether oxygens (including phenoxy) is 2. The zero-order chi connectivity index (χ0) is 9.31. The standard InChI is InChI=1S/C10H14NO2.BrH/c1-10(12-7-8-13-10)9-3-5-11(2)6-4-9;/h3-6H,7-8H2,1-2H3;1H/q+1;/p-1. The van der Waals surface area contributed by atoms with Crippen LogP contribution in [0.5, 0.6) is 0 Å². The Morgan fingerprint density at radius 3 is 2.21 bits per heavy atom. The smallest absolute Gasteiger partial charge is 0.192 e. The Morgan fingerprint density at radius 1 is 1.21 bits per heavy atom. The average molecular weight is 260 g/mol. The minimum atomic E-state index is -0.533. The summed E-state index contributed by atoms with van der Waals surface area (Å²) < 4.78 is 13.1. The molecule has 0 atom stereocenters. The molecular formula is C10H14BrNO2. The predicted octanol–water partition coefficient (Wildman–Crippen LogP) is -2.27. The van der Waals surface area contributed by atoms with Crippen molar-refractivity contribution in [1.29, 1.82) is 0 Å². The van der Waals surface area contributed by atoms with Crippen molar-refractivity contribution < 1.29 is 31.0 Å². The Bertz CT molecular complexity index is 293. The van der Waals surface area contributed by atoms with Crippen molar-refractivity contribution in [2.45, 2.75) is 12.7 Å². The number of halogens is 1. The van der Waals surface area contributed by atoms with Gasteiger partial charge in [-0.25, -0.2) is 4.57 Å². The van der Waals surface area contributed by atoms with Crippen LogP contribution in [-0.2, 0) is 22.3 Å². The van der Waals surface area contributed by atoms with E-state index in [2.05, 4.69) is 0 Å². The lowest BCUT2D eigenvalue weighted by atomic mass is 10.1. The number of aromatic nitrogens is 1. The first-order valence-electron chi connectivity index (χ1n) is 4.44. The summed E-state index contributed by atoms with van der Waals surface area (Å²) in [6.07, 6.45) is 3.98. The van der Waals surface area contributed by atoms with Crippen molar-refractivity contribution in [3.8, 4) is 0 Å². The first-order valence-corrected chi connectivity index (χ1v) is 4.44. The fraction of sp³-hybridized carbons (Fsp3) is 0.500. The number of hydrogen-bond acceptors (Lipinski definition) is 2. The van der Waals surface area contributed by atoms with Gasteiger partial charge in [0.2, 0.25) is 0 Å². The molecule has 2 rings (SSSR count). The topological polar surface area (TPSA) is 22.3 Å². The highest BCUT2D eigenvalue weighted by molar-refractivity contribution is 5.14. The van der Waals surface area contributed by atoms with Crippen LogP contribution in [0.15, 0.2) is 24.5 Å². The summed E-state index contributed by atoms with van der Waals surface area (Å²) >= 11 is 0. The summed E-state index contributed by atoms with van der Waals surface area (Å²) in [5, 5.41) is 0. The number of aryl methyl sites for hydroxylation is 1. The molecule has 0 spiro atoms. The molecule has 0 aliphatic carbocycles. The van der Waals surface area contributed by atoms with E-state index in [1.165, 1.54) is 0 Å². The van der Waals surface area contributed by atoms with Gasteiger partial charge in [0.15, 0.2) is 18.2 Å². The van der Waals surface area contributed by atoms with Crippen molar-refractivity contribution in [3.63, 3.8) is 0 Å². The van der Waals surface area contributed by atoms with E-state index >= 15 is 0 Å². The highest BCUT2D eigenvalue weighted by Crippen LogP contribution is 2.29. The van der Waals surface area contributed by atoms with Gasteiger partial charge in [-0.1, -0.05) is 0 Å². The second kappa shape index (κ2) is 4.38. The third-order valence-corrected chi connectivity index (χ3v) is 2.34. The molecule has 0 aromatic carbocycles. The van der Waals surface area contributed by atoms with E-state index in [0.717, 1.165) is 5.56 Å². The van der Waals surface area contributed by atoms with Crippen molar-refractivity contribution in [1.82, 2.24) is 0 Å². The van der Waals surface area contributed by atoms with E-state index in [-0.39, 0.29) is 17.0 Å². The van der Waals surface area contributed by atoms with Gasteiger partial charge in [0.1, 0.15) is 7.05 Å². The fourth-order valence-corrected chi connectivity index (χ4v) is 1.48. The minimum absolute atomic E-state index is 0. The van der Waals surface area contributed by atoms with Gasteiger partial charge in [0.05, 0.1) is 13.2 Å². The summed E-state index contributed by atoms with van der Waals surface area (Å²) in [7, 11) is 1.99. The van der Waals surface area contributed by atoms with Gasteiger partial charge in [0, 0.05) is 17.7 Å². The third-order valence-electron chi connectivity index (χ3n) is 2.34. The normalized spacial score (nSPS) is 19.0. The first kappa shape index (κ1) is 11.6. The average Bonchev–Trinajstić information content (AvgIpc) is 2.54. The Kier molecular flexibility index (Phi) is 3.64. The van der Waals surface area contributed by atoms with Gasteiger partial charge in [-0.15, -0.1) is 0 Å². The molecule has 1 fully saturated rings. The van der Waals surface area contributed by atoms with Crippen LogP contribution < -0.4 is 21.5 Å². The maximum atomic E-state index is 5.53. The van der Waals surface area contributed by atoms with E-state index in [1.807, 2.05) is 43.1 Å². The van der Waals surface area contributed by atoms with E-state index in [4.69, 9.17) is 9.47 Å². The number of nitrogens with zero attached hydrogens (tertiary/aromatic N) is 1. The minimum Gasteiger partial charge on any atom is -1.00 e. The second-order valence-corrected chi connectivity index (χ2v) is 3.39. The molecule has 2 heterocycles. The van der Waals surface area contributed by atoms with Gasteiger partial charge < -0.3 is 26.5 Å². The van der Waals surface area contributed by atoms with Crippen LogP contribution in [0.4, 0.5) is 0 Å². The molecule has 1 saturated heterocycles. The highest BCUT2D eigenvalue weighted by Gasteiger charge is 2.33. The summed E-state index contributed by atoms with van der Waals surface area (Å²) in [5.74, 6) is -0.533. The Hall–Kier alpha value is -0.450. The summed E-state index contributed by atoms with van der Waals surface area (Å²) in [6.45, 7) is 3.31. The van der Waals surface area contributed by atoms with Crippen molar-refractivity contribution in [3.05, 3.63) is 30.1 Å². The lowest BCUT2D eigenvalue weighted by Gasteiger charge is -2.21. The number of hydrogen-bond donors (Lipinski definition) is 0. The number of pyridine rings is 1. The van der Waals surface area contributed by atoms with E-state index < -0.39 is 5.79 Å². The molecule has 0 bridgehead atoms. The van der Waals surface area contributed by atoms with Gasteiger partial charge in [0.25, 0.3) is 0 Å². The molecule has 14 heavy (non-hydrogen) atoms. The monoisotopic (exact) mass is 259 g/mol. The lowest BCUT2D eigenvalue weighted by Crippen LogP contribution is -3.00. The van der Waals surface area contributed by atoms with Crippen LogP contribution in [-0.4, -0.2) is 13.2 Å². The van der Waals surface area contributed by atoms with Crippen LogP contribution in [0, 0.1) is 0 Å². The predicted molar refractivity (Wildman–Crippen MR) is 46.9 cm³/mol. The Morgan fingerprint density at radius 2 is 1.71 bits per heavy atom. The van der Waals surface area contributed by atoms with E-state index in [0.29, 0.717) is 13.2 Å². The second-order valence-electron chi connectivity index (χ2n) is 3.39. The van der Waals surface area contributed by atoms with Crippen LogP contribution >= 0.6 is 0 Å². The summed E-state index contributed by atoms with van der Waals surface area (Å²) in [6, 6.07) is 4.04. The fourth-order valence-electron chi connectivity index (χ4n) is 1.48. The molecule has 1 aliphatic rings. The molecule has 1 aromatic rings. The Labute approximate surface area is 94.4 Å². The molecule has 3 nitrogen and oxygen atoms in total. The van der Waals surface area contributed by atoms with Crippen LogP contribution in [0.25, 0.3) is 0 Å². The Balaban J connectivity index is 0.000000980. The van der Waals surface area contributed by atoms with Crippen LogP contribution in [0.3, 0.4) is 0 Å². The molecule has 1 aliphatic heterocycles. The third kappa shape index (κ3) is 2.13. The van der Waals surface area contributed by atoms with Crippen molar-refractivity contribution >= 4 is 0 Å². The zero-order valence-corrected chi connectivity index (χ0v) is 9.95. The molecule has 1 aromatic heterocycles. The molecule has 0 N–H and O–H groups in total. The SMILES string of the molecule is C[n+]1ccc(C2(C)OCCO2)cc1.[Br-]. The molecule has 0 unspecified atom stereocenters. The van der Waals surface area contributed by atoms with E-state index in [9.17, 15) is 0 Å². The lowest BCUT2D eigenvalue weighted by molar-refractivity contribution is -0.671. The highest BCUT2D eigenvalue weighted by atomic mass is 79.9. The molecule has 78 valence electrons. The van der Waals surface area contributed by atoms with Gasteiger partial charge in [-0.3, -0.25) is 0 Å². The molecule has 0 radical (unpaired) electrons. The largest absolute Gasteiger partial charge is 1.00 e. The molecular weight excluding hydrogens is 246 g/mol. The summed E-state index contributed by atoms with van der Waals surface area (Å²) in [5.41, 5.74) is 1.07. The first-order chi connectivity index (χ1) is 6.21. The quantitative estimate of drug-likeness (QED) is 0.532. The van der Waals surface area contributed by atoms with E-state index in [1.54, 1.807) is 0 Å². The zero-order valence-electron chi connectivity index (χ0n) is 8.37. The van der Waals surface area contributed by atoms with Crippen molar-refractivity contribution in [2.24, 2.45) is 7.05 Å².